The number of hydrogen-bond acceptors (Lipinski definition) is 5. The average molecular weight is 385 g/mol. The van der Waals surface area contributed by atoms with E-state index in [1.54, 1.807) is 7.05 Å². The molecule has 8 heteroatoms. The summed E-state index contributed by atoms with van der Waals surface area (Å²) in [5.41, 5.74) is 5.73. The Bertz CT molecular complexity index is 747. The number of hydrazone groups is 1. The second-order valence-electron chi connectivity index (χ2n) is 5.23. The second-order valence-corrected chi connectivity index (χ2v) is 7.64. The van der Waals surface area contributed by atoms with Crippen molar-refractivity contribution in [2.75, 3.05) is 13.6 Å². The predicted molar refractivity (Wildman–Crippen MR) is 92.4 cm³/mol. The SMILES string of the molecule is CC(C)/C(=N/N(C)CC(N)=O)n1c(C=O)cc2cc(Br)sc21. The van der Waals surface area contributed by atoms with Crippen molar-refractivity contribution in [1.82, 2.24) is 9.58 Å². The normalized spacial score (nSPS) is 12.1. The van der Waals surface area contributed by atoms with Gasteiger partial charge in [0.2, 0.25) is 5.91 Å². The van der Waals surface area contributed by atoms with E-state index in [2.05, 4.69) is 21.0 Å². The number of likely N-dealkylation sites (N-methyl/N-ethyl adjacent to an activating group) is 1. The monoisotopic (exact) mass is 384 g/mol. The van der Waals surface area contributed by atoms with Crippen LogP contribution in [0.1, 0.15) is 24.3 Å². The highest BCUT2D eigenvalue weighted by atomic mass is 79.9. The summed E-state index contributed by atoms with van der Waals surface area (Å²) >= 11 is 4.99. The fourth-order valence-corrected chi connectivity index (χ4v) is 3.76. The van der Waals surface area contributed by atoms with Gasteiger partial charge in [-0.25, -0.2) is 0 Å². The molecule has 0 aromatic carbocycles. The summed E-state index contributed by atoms with van der Waals surface area (Å²) in [5.74, 6) is 0.294. The maximum absolute atomic E-state index is 11.4. The summed E-state index contributed by atoms with van der Waals surface area (Å²) in [6.45, 7) is 3.99. The first kappa shape index (κ1) is 16.7. The zero-order chi connectivity index (χ0) is 16.4. The quantitative estimate of drug-likeness (QED) is 0.372. The van der Waals surface area contributed by atoms with Crippen molar-refractivity contribution in [3.05, 3.63) is 21.6 Å². The van der Waals surface area contributed by atoms with Gasteiger partial charge in [-0.1, -0.05) is 13.8 Å². The number of carbonyl (C=O) groups excluding carboxylic acids is 2. The molecule has 0 bridgehead atoms. The smallest absolute Gasteiger partial charge is 0.238 e. The molecule has 2 aromatic rings. The molecule has 0 unspecified atom stereocenters. The largest absolute Gasteiger partial charge is 0.368 e. The van der Waals surface area contributed by atoms with Gasteiger partial charge in [-0.15, -0.1) is 11.3 Å². The third-order valence-electron chi connectivity index (χ3n) is 3.00. The van der Waals surface area contributed by atoms with E-state index in [1.165, 1.54) is 16.3 Å². The molecule has 0 atom stereocenters. The van der Waals surface area contributed by atoms with E-state index >= 15 is 0 Å². The van der Waals surface area contributed by atoms with E-state index in [0.29, 0.717) is 11.5 Å². The molecule has 2 heterocycles. The summed E-state index contributed by atoms with van der Waals surface area (Å²) in [7, 11) is 1.68. The van der Waals surface area contributed by atoms with E-state index in [1.807, 2.05) is 30.5 Å². The molecule has 0 radical (unpaired) electrons. The fourth-order valence-electron chi connectivity index (χ4n) is 2.16. The topological polar surface area (TPSA) is 80.7 Å². The van der Waals surface area contributed by atoms with Crippen LogP contribution >= 0.6 is 27.3 Å². The van der Waals surface area contributed by atoms with Crippen molar-refractivity contribution < 1.29 is 9.59 Å². The number of thiophene rings is 1. The molecule has 2 rings (SSSR count). The molecule has 0 aliphatic heterocycles. The number of aromatic nitrogens is 1. The minimum atomic E-state index is -0.457. The van der Waals surface area contributed by atoms with Crippen LogP contribution in [0, 0.1) is 5.92 Å². The third kappa shape index (κ3) is 3.38. The standard InChI is InChI=1S/C14H17BrN4O2S/c1-8(2)13(17-18(3)6-12(16)21)19-10(7-20)4-9-5-11(15)22-14(9)19/h4-5,7-8H,6H2,1-3H3,(H2,16,21)/b17-13-. The number of rotatable bonds is 5. The van der Waals surface area contributed by atoms with Gasteiger partial charge in [-0.05, 0) is 28.1 Å². The van der Waals surface area contributed by atoms with Crippen molar-refractivity contribution in [2.45, 2.75) is 13.8 Å². The minimum Gasteiger partial charge on any atom is -0.368 e. The summed E-state index contributed by atoms with van der Waals surface area (Å²) in [5, 5.41) is 6.93. The molecule has 6 nitrogen and oxygen atoms in total. The highest BCUT2D eigenvalue weighted by Crippen LogP contribution is 2.32. The van der Waals surface area contributed by atoms with Crippen LogP contribution in [0.15, 0.2) is 21.0 Å². The van der Waals surface area contributed by atoms with Crippen LogP contribution < -0.4 is 5.73 Å². The van der Waals surface area contributed by atoms with Gasteiger partial charge >= 0.3 is 0 Å². The Hall–Kier alpha value is -1.67. The van der Waals surface area contributed by atoms with Crippen molar-refractivity contribution in [3.63, 3.8) is 0 Å². The summed E-state index contributed by atoms with van der Waals surface area (Å²) in [4.78, 5) is 23.4. The highest BCUT2D eigenvalue weighted by molar-refractivity contribution is 9.11. The summed E-state index contributed by atoms with van der Waals surface area (Å²) < 4.78 is 2.82. The Morgan fingerprint density at radius 2 is 2.23 bits per heavy atom. The lowest BCUT2D eigenvalue weighted by Gasteiger charge is -2.18. The number of aldehydes is 1. The lowest BCUT2D eigenvalue weighted by Crippen LogP contribution is -2.30. The number of nitrogens with zero attached hydrogens (tertiary/aromatic N) is 3. The third-order valence-corrected chi connectivity index (χ3v) is 4.64. The number of fused-ring (bicyclic) bond motifs is 1. The molecule has 2 aromatic heterocycles. The first-order valence-electron chi connectivity index (χ1n) is 6.67. The van der Waals surface area contributed by atoms with Crippen molar-refractivity contribution in [3.8, 4) is 0 Å². The van der Waals surface area contributed by atoms with E-state index in [9.17, 15) is 9.59 Å². The van der Waals surface area contributed by atoms with Gasteiger partial charge in [0.25, 0.3) is 0 Å². The van der Waals surface area contributed by atoms with E-state index in [0.717, 1.165) is 20.3 Å². The molecule has 1 amide bonds. The van der Waals surface area contributed by atoms with Crippen LogP contribution in [0.3, 0.4) is 0 Å². The lowest BCUT2D eigenvalue weighted by atomic mass is 10.2. The average Bonchev–Trinajstić information content (AvgIpc) is 2.90. The molecule has 0 saturated carbocycles. The second kappa shape index (κ2) is 6.62. The Morgan fingerprint density at radius 1 is 1.55 bits per heavy atom. The molecular formula is C14H17BrN4O2S. The van der Waals surface area contributed by atoms with Gasteiger partial charge in [0.05, 0.1) is 9.48 Å². The molecule has 118 valence electrons. The molecule has 0 fully saturated rings. The first-order valence-corrected chi connectivity index (χ1v) is 8.28. The van der Waals surface area contributed by atoms with Crippen LogP contribution in [0.5, 0.6) is 0 Å². The number of carbonyl (C=O) groups is 2. The molecule has 2 N–H and O–H groups in total. The van der Waals surface area contributed by atoms with Crippen LogP contribution in [-0.2, 0) is 4.79 Å². The van der Waals surface area contributed by atoms with Gasteiger partial charge in [0.1, 0.15) is 17.2 Å². The zero-order valence-corrected chi connectivity index (χ0v) is 14.9. The Kier molecular flexibility index (Phi) is 5.02. The number of nitrogens with two attached hydrogens (primary N) is 1. The van der Waals surface area contributed by atoms with E-state index in [-0.39, 0.29) is 12.5 Å². The molecule has 0 aliphatic carbocycles. The van der Waals surface area contributed by atoms with E-state index in [4.69, 9.17) is 5.73 Å². The van der Waals surface area contributed by atoms with Crippen LogP contribution in [-0.4, -0.2) is 41.2 Å². The molecule has 0 spiro atoms. The fraction of sp³-hybridized carbons (Fsp3) is 0.357. The zero-order valence-electron chi connectivity index (χ0n) is 12.5. The van der Waals surface area contributed by atoms with Gasteiger partial charge < -0.3 is 5.73 Å². The summed E-state index contributed by atoms with van der Waals surface area (Å²) in [6.07, 6.45) is 0.812. The van der Waals surface area contributed by atoms with Crippen LogP contribution in [0.4, 0.5) is 0 Å². The predicted octanol–water partition coefficient (Wildman–Crippen LogP) is 2.51. The molecule has 0 saturated heterocycles. The number of amides is 1. The van der Waals surface area contributed by atoms with Gasteiger partial charge in [0, 0.05) is 18.4 Å². The molecule has 22 heavy (non-hydrogen) atoms. The molecule has 0 aliphatic rings. The van der Waals surface area contributed by atoms with Crippen molar-refractivity contribution in [1.29, 1.82) is 0 Å². The minimum absolute atomic E-state index is 0.0190. The van der Waals surface area contributed by atoms with Gasteiger partial charge in [-0.2, -0.15) is 5.10 Å². The maximum atomic E-state index is 11.4. The number of halogens is 1. The highest BCUT2D eigenvalue weighted by Gasteiger charge is 2.19. The summed E-state index contributed by atoms with van der Waals surface area (Å²) in [6, 6.07) is 3.80. The number of primary amides is 1. The maximum Gasteiger partial charge on any atom is 0.238 e. The van der Waals surface area contributed by atoms with Crippen LogP contribution in [0.25, 0.3) is 10.2 Å². The van der Waals surface area contributed by atoms with Crippen LogP contribution in [0.2, 0.25) is 0 Å². The van der Waals surface area contributed by atoms with Gasteiger partial charge in [-0.3, -0.25) is 19.2 Å². The number of hydrogen-bond donors (Lipinski definition) is 1. The Labute approximate surface area is 140 Å². The Morgan fingerprint density at radius 3 is 2.77 bits per heavy atom. The first-order chi connectivity index (χ1) is 10.3. The van der Waals surface area contributed by atoms with E-state index < -0.39 is 5.91 Å². The van der Waals surface area contributed by atoms with Crippen molar-refractivity contribution in [2.24, 2.45) is 16.8 Å². The Balaban J connectivity index is 2.59. The lowest BCUT2D eigenvalue weighted by molar-refractivity contribution is -0.118. The van der Waals surface area contributed by atoms with Crippen molar-refractivity contribution >= 4 is 55.5 Å². The van der Waals surface area contributed by atoms with Gasteiger partial charge in [0.15, 0.2) is 6.29 Å². The molecular weight excluding hydrogens is 368 g/mol.